The third-order valence-corrected chi connectivity index (χ3v) is 3.29. The summed E-state index contributed by atoms with van der Waals surface area (Å²) in [6.45, 7) is 0. The number of alkyl halides is 1. The fourth-order valence-electron chi connectivity index (χ4n) is 1.48. The van der Waals surface area contributed by atoms with Crippen molar-refractivity contribution >= 4 is 31.9 Å². The Kier molecular flexibility index (Phi) is 4.35. The molecule has 0 aliphatic heterocycles. The van der Waals surface area contributed by atoms with Crippen molar-refractivity contribution in [1.29, 1.82) is 0 Å². The first kappa shape index (κ1) is 13.5. The number of benzene rings is 2. The second-order valence-corrected chi connectivity index (χ2v) is 5.03. The van der Waals surface area contributed by atoms with Gasteiger partial charge in [-0.15, -0.1) is 0 Å². The molecule has 2 aromatic rings. The molecule has 0 amide bonds. The first-order valence-corrected chi connectivity index (χ1v) is 6.99. The maximum absolute atomic E-state index is 13.5. The highest BCUT2D eigenvalue weighted by atomic mass is 79.9. The summed E-state index contributed by atoms with van der Waals surface area (Å²) in [6.07, 6.45) is 0. The summed E-state index contributed by atoms with van der Waals surface area (Å²) in [7, 11) is 0. The van der Waals surface area contributed by atoms with Gasteiger partial charge in [0.1, 0.15) is 23.1 Å². The quantitative estimate of drug-likeness (QED) is 0.649. The monoisotopic (exact) mass is 376 g/mol. The summed E-state index contributed by atoms with van der Waals surface area (Å²) in [6, 6.07) is 8.72. The minimum Gasteiger partial charge on any atom is -0.457 e. The van der Waals surface area contributed by atoms with E-state index in [0.29, 0.717) is 26.9 Å². The van der Waals surface area contributed by atoms with E-state index >= 15 is 0 Å². The largest absolute Gasteiger partial charge is 0.457 e. The van der Waals surface area contributed by atoms with Crippen molar-refractivity contribution in [2.75, 3.05) is 0 Å². The van der Waals surface area contributed by atoms with Gasteiger partial charge in [-0.05, 0) is 24.3 Å². The Bertz CT molecular complexity index is 553. The van der Waals surface area contributed by atoms with Gasteiger partial charge in [0.2, 0.25) is 0 Å². The molecule has 0 aromatic heterocycles. The maximum Gasteiger partial charge on any atom is 0.134 e. The van der Waals surface area contributed by atoms with Crippen molar-refractivity contribution in [2.24, 2.45) is 0 Å². The summed E-state index contributed by atoms with van der Waals surface area (Å²) in [4.78, 5) is 0. The van der Waals surface area contributed by atoms with Gasteiger partial charge in [0.25, 0.3) is 0 Å². The third kappa shape index (κ3) is 3.09. The van der Waals surface area contributed by atoms with Gasteiger partial charge >= 0.3 is 0 Å². The molecule has 0 N–H and O–H groups in total. The lowest BCUT2D eigenvalue weighted by atomic mass is 10.2. The van der Waals surface area contributed by atoms with Crippen molar-refractivity contribution in [1.82, 2.24) is 0 Å². The molecule has 0 atom stereocenters. The molecule has 0 unspecified atom stereocenters. The SMILES string of the molecule is Fc1cc(Br)cc(Oc2cccc(F)c2CBr)c1. The van der Waals surface area contributed by atoms with Gasteiger partial charge < -0.3 is 4.74 Å². The molecule has 0 aliphatic carbocycles. The maximum atomic E-state index is 13.5. The summed E-state index contributed by atoms with van der Waals surface area (Å²) >= 11 is 6.37. The zero-order chi connectivity index (χ0) is 13.1. The number of ether oxygens (including phenoxy) is 1. The van der Waals surface area contributed by atoms with E-state index in [0.717, 1.165) is 0 Å². The van der Waals surface area contributed by atoms with E-state index in [-0.39, 0.29) is 5.82 Å². The van der Waals surface area contributed by atoms with Gasteiger partial charge in [-0.2, -0.15) is 0 Å². The molecule has 0 radical (unpaired) electrons. The Morgan fingerprint density at radius 1 is 1.11 bits per heavy atom. The van der Waals surface area contributed by atoms with E-state index in [2.05, 4.69) is 31.9 Å². The fraction of sp³-hybridized carbons (Fsp3) is 0.0769. The van der Waals surface area contributed by atoms with Crippen LogP contribution in [0.3, 0.4) is 0 Å². The van der Waals surface area contributed by atoms with Gasteiger partial charge in [-0.25, -0.2) is 8.78 Å². The van der Waals surface area contributed by atoms with Gasteiger partial charge in [-0.3, -0.25) is 0 Å². The van der Waals surface area contributed by atoms with E-state index in [1.54, 1.807) is 18.2 Å². The highest BCUT2D eigenvalue weighted by Gasteiger charge is 2.10. The lowest BCUT2D eigenvalue weighted by Crippen LogP contribution is -1.93. The molecule has 18 heavy (non-hydrogen) atoms. The molecule has 2 rings (SSSR count). The Morgan fingerprint density at radius 3 is 2.56 bits per heavy atom. The summed E-state index contributed by atoms with van der Waals surface area (Å²) in [5, 5.41) is 0.325. The molecular formula is C13H8Br2F2O. The Labute approximate surface area is 120 Å². The molecule has 0 aliphatic rings. The van der Waals surface area contributed by atoms with Crippen LogP contribution in [-0.4, -0.2) is 0 Å². The molecular weight excluding hydrogens is 370 g/mol. The van der Waals surface area contributed by atoms with Crippen LogP contribution in [0.15, 0.2) is 40.9 Å². The molecule has 94 valence electrons. The Morgan fingerprint density at radius 2 is 1.89 bits per heavy atom. The highest BCUT2D eigenvalue weighted by molar-refractivity contribution is 9.10. The second kappa shape index (κ2) is 5.80. The van der Waals surface area contributed by atoms with Crippen LogP contribution in [0.1, 0.15) is 5.56 Å². The van der Waals surface area contributed by atoms with Crippen molar-refractivity contribution in [3.63, 3.8) is 0 Å². The molecule has 5 heteroatoms. The summed E-state index contributed by atoms with van der Waals surface area (Å²) < 4.78 is 32.8. The minimum absolute atomic E-state index is 0.315. The lowest BCUT2D eigenvalue weighted by Gasteiger charge is -2.10. The van der Waals surface area contributed by atoms with Crippen LogP contribution in [0.4, 0.5) is 8.78 Å². The first-order chi connectivity index (χ1) is 8.60. The van der Waals surface area contributed by atoms with Crippen LogP contribution in [0.2, 0.25) is 0 Å². The van der Waals surface area contributed by atoms with Crippen LogP contribution >= 0.6 is 31.9 Å². The van der Waals surface area contributed by atoms with Crippen molar-refractivity contribution in [2.45, 2.75) is 5.33 Å². The second-order valence-electron chi connectivity index (χ2n) is 3.56. The number of hydrogen-bond acceptors (Lipinski definition) is 1. The molecule has 1 nitrogen and oxygen atoms in total. The number of hydrogen-bond donors (Lipinski definition) is 0. The van der Waals surface area contributed by atoms with Gasteiger partial charge in [0, 0.05) is 21.4 Å². The van der Waals surface area contributed by atoms with E-state index in [1.165, 1.54) is 18.2 Å². The fourth-order valence-corrected chi connectivity index (χ4v) is 2.47. The lowest BCUT2D eigenvalue weighted by molar-refractivity contribution is 0.465. The van der Waals surface area contributed by atoms with Gasteiger partial charge in [0.05, 0.1) is 0 Å². The topological polar surface area (TPSA) is 9.23 Å². The predicted molar refractivity (Wildman–Crippen MR) is 73.2 cm³/mol. The Balaban J connectivity index is 2.36. The number of halogens is 4. The molecule has 0 fully saturated rings. The van der Waals surface area contributed by atoms with E-state index in [9.17, 15) is 8.78 Å². The molecule has 0 saturated carbocycles. The average molecular weight is 378 g/mol. The zero-order valence-electron chi connectivity index (χ0n) is 9.09. The van der Waals surface area contributed by atoms with E-state index in [4.69, 9.17) is 4.74 Å². The van der Waals surface area contributed by atoms with Crippen molar-refractivity contribution < 1.29 is 13.5 Å². The van der Waals surface area contributed by atoms with Crippen molar-refractivity contribution in [3.8, 4) is 11.5 Å². The van der Waals surface area contributed by atoms with Crippen LogP contribution < -0.4 is 4.74 Å². The van der Waals surface area contributed by atoms with Crippen LogP contribution in [0.5, 0.6) is 11.5 Å². The standard InChI is InChI=1S/C13H8Br2F2O/c14-7-11-12(17)2-1-3-13(11)18-10-5-8(15)4-9(16)6-10/h1-6H,7H2. The molecule has 0 spiro atoms. The molecule has 0 bridgehead atoms. The van der Waals surface area contributed by atoms with Crippen LogP contribution in [0.25, 0.3) is 0 Å². The van der Waals surface area contributed by atoms with Crippen molar-refractivity contribution in [3.05, 3.63) is 58.1 Å². The zero-order valence-corrected chi connectivity index (χ0v) is 12.3. The van der Waals surface area contributed by atoms with E-state index < -0.39 is 5.82 Å². The highest BCUT2D eigenvalue weighted by Crippen LogP contribution is 2.30. The van der Waals surface area contributed by atoms with Crippen LogP contribution in [0, 0.1) is 11.6 Å². The van der Waals surface area contributed by atoms with E-state index in [1.807, 2.05) is 0 Å². The van der Waals surface area contributed by atoms with Gasteiger partial charge in [-0.1, -0.05) is 37.9 Å². The third-order valence-electron chi connectivity index (χ3n) is 2.27. The number of rotatable bonds is 3. The summed E-state index contributed by atoms with van der Waals surface area (Å²) in [5.41, 5.74) is 0.401. The molecule has 0 saturated heterocycles. The van der Waals surface area contributed by atoms with Crippen LogP contribution in [-0.2, 0) is 5.33 Å². The minimum atomic E-state index is -0.420. The smallest absolute Gasteiger partial charge is 0.134 e. The first-order valence-electron chi connectivity index (χ1n) is 5.07. The molecule has 2 aromatic carbocycles. The normalized spacial score (nSPS) is 10.4. The average Bonchev–Trinajstić information content (AvgIpc) is 2.27. The summed E-state index contributed by atoms with van der Waals surface area (Å²) in [5.74, 6) is -0.102. The molecule has 0 heterocycles. The van der Waals surface area contributed by atoms with Gasteiger partial charge in [0.15, 0.2) is 0 Å². The Hall–Kier alpha value is -0.940. The predicted octanol–water partition coefficient (Wildman–Crippen LogP) is 5.41.